The van der Waals surface area contributed by atoms with Gasteiger partial charge in [0.1, 0.15) is 10.8 Å². The monoisotopic (exact) mass is 420 g/mol. The molecule has 1 amide bonds. The van der Waals surface area contributed by atoms with Gasteiger partial charge in [0.2, 0.25) is 5.91 Å². The quantitative estimate of drug-likeness (QED) is 0.505. The number of thiazole rings is 1. The third-order valence-corrected chi connectivity index (χ3v) is 6.99. The molecule has 2 aromatic carbocycles. The molecule has 3 nitrogen and oxygen atoms in total. The lowest BCUT2D eigenvalue weighted by atomic mass is 10.2. The topological polar surface area (TPSA) is 33.2 Å². The summed E-state index contributed by atoms with van der Waals surface area (Å²) in [6, 6.07) is 12.9. The lowest BCUT2D eigenvalue weighted by Crippen LogP contribution is -2.34. The summed E-state index contributed by atoms with van der Waals surface area (Å²) in [5, 5.41) is 1.39. The Morgan fingerprint density at radius 3 is 2.81 bits per heavy atom. The minimum absolute atomic E-state index is 0.0305. The van der Waals surface area contributed by atoms with E-state index in [9.17, 15) is 9.18 Å². The fourth-order valence-corrected chi connectivity index (χ4v) is 5.10. The normalized spacial score (nSPS) is 13.9. The van der Waals surface area contributed by atoms with E-state index in [-0.39, 0.29) is 24.3 Å². The molecule has 1 aliphatic rings. The van der Waals surface area contributed by atoms with Crippen LogP contribution in [0.15, 0.2) is 42.5 Å². The van der Waals surface area contributed by atoms with Gasteiger partial charge < -0.3 is 4.90 Å². The number of carbonyl (C=O) groups is 1. The highest BCUT2D eigenvalue weighted by Crippen LogP contribution is 2.32. The van der Waals surface area contributed by atoms with Crippen LogP contribution >= 0.6 is 34.7 Å². The first-order valence-corrected chi connectivity index (χ1v) is 11.1. The molecule has 0 radical (unpaired) electrons. The molecule has 1 fully saturated rings. The molecule has 0 spiro atoms. The maximum atomic E-state index is 14.1. The maximum absolute atomic E-state index is 14.1. The Hall–Kier alpha value is -1.63. The Morgan fingerprint density at radius 2 is 2.07 bits per heavy atom. The van der Waals surface area contributed by atoms with Gasteiger partial charge in [-0.1, -0.05) is 29.8 Å². The SMILES string of the molecule is O=C(CSCc1nc2ccccc2s1)N(Cc1c(F)cccc1Cl)C1CC1. The van der Waals surface area contributed by atoms with Crippen molar-refractivity contribution in [2.45, 2.75) is 31.2 Å². The highest BCUT2D eigenvalue weighted by molar-refractivity contribution is 7.99. The Balaban J connectivity index is 1.38. The molecule has 27 heavy (non-hydrogen) atoms. The van der Waals surface area contributed by atoms with Gasteiger partial charge in [0, 0.05) is 22.4 Å². The molecule has 7 heteroatoms. The van der Waals surface area contributed by atoms with Crippen LogP contribution in [0.3, 0.4) is 0 Å². The van der Waals surface area contributed by atoms with E-state index in [1.807, 2.05) is 18.2 Å². The van der Waals surface area contributed by atoms with Crippen LogP contribution in [0.25, 0.3) is 10.2 Å². The van der Waals surface area contributed by atoms with E-state index in [1.54, 1.807) is 40.1 Å². The number of rotatable bonds is 7. The first kappa shape index (κ1) is 18.7. The Labute approximate surface area is 170 Å². The minimum Gasteiger partial charge on any atom is -0.335 e. The van der Waals surface area contributed by atoms with Crippen molar-refractivity contribution in [2.24, 2.45) is 0 Å². The van der Waals surface area contributed by atoms with Gasteiger partial charge >= 0.3 is 0 Å². The van der Waals surface area contributed by atoms with E-state index < -0.39 is 0 Å². The predicted octanol–water partition coefficient (Wildman–Crippen LogP) is 5.51. The van der Waals surface area contributed by atoms with Crippen molar-refractivity contribution in [3.05, 3.63) is 63.9 Å². The zero-order valence-electron chi connectivity index (χ0n) is 14.5. The van der Waals surface area contributed by atoms with Crippen LogP contribution in [-0.4, -0.2) is 27.6 Å². The molecule has 4 rings (SSSR count). The minimum atomic E-state index is -0.358. The van der Waals surface area contributed by atoms with Gasteiger partial charge in [-0.3, -0.25) is 4.79 Å². The van der Waals surface area contributed by atoms with Gasteiger partial charge in [-0.05, 0) is 37.1 Å². The number of amides is 1. The van der Waals surface area contributed by atoms with E-state index >= 15 is 0 Å². The molecule has 0 N–H and O–H groups in total. The van der Waals surface area contributed by atoms with Crippen molar-refractivity contribution in [1.82, 2.24) is 9.88 Å². The third kappa shape index (κ3) is 4.45. The van der Waals surface area contributed by atoms with Crippen molar-refractivity contribution in [3.63, 3.8) is 0 Å². The van der Waals surface area contributed by atoms with E-state index in [0.29, 0.717) is 22.1 Å². The number of aromatic nitrogens is 1. The van der Waals surface area contributed by atoms with Crippen LogP contribution in [0.4, 0.5) is 4.39 Å². The van der Waals surface area contributed by atoms with E-state index in [0.717, 1.165) is 28.1 Å². The van der Waals surface area contributed by atoms with Crippen LogP contribution in [-0.2, 0) is 17.1 Å². The number of para-hydroxylation sites is 1. The van der Waals surface area contributed by atoms with Crippen LogP contribution < -0.4 is 0 Å². The van der Waals surface area contributed by atoms with Gasteiger partial charge in [-0.15, -0.1) is 23.1 Å². The van der Waals surface area contributed by atoms with Gasteiger partial charge in [0.25, 0.3) is 0 Å². The number of thioether (sulfide) groups is 1. The van der Waals surface area contributed by atoms with Crippen LogP contribution in [0.1, 0.15) is 23.4 Å². The summed E-state index contributed by atoms with van der Waals surface area (Å²) >= 11 is 9.35. The number of hydrogen-bond donors (Lipinski definition) is 0. The molecule has 0 unspecified atom stereocenters. The van der Waals surface area contributed by atoms with Gasteiger partial charge in [0.05, 0.1) is 22.5 Å². The number of nitrogens with zero attached hydrogens (tertiary/aromatic N) is 2. The first-order valence-electron chi connectivity index (χ1n) is 8.76. The molecule has 1 aliphatic carbocycles. The molecule has 1 saturated carbocycles. The molecule has 1 heterocycles. The molecular weight excluding hydrogens is 403 g/mol. The molecular formula is C20H18ClFN2OS2. The smallest absolute Gasteiger partial charge is 0.233 e. The van der Waals surface area contributed by atoms with Crippen molar-refractivity contribution in [3.8, 4) is 0 Å². The van der Waals surface area contributed by atoms with E-state index in [1.165, 1.54) is 6.07 Å². The zero-order chi connectivity index (χ0) is 18.8. The van der Waals surface area contributed by atoms with Crippen molar-refractivity contribution < 1.29 is 9.18 Å². The van der Waals surface area contributed by atoms with Crippen LogP contribution in [0.2, 0.25) is 5.02 Å². The first-order chi connectivity index (χ1) is 13.1. The highest BCUT2D eigenvalue weighted by atomic mass is 35.5. The second kappa shape index (κ2) is 8.17. The molecule has 3 aromatic rings. The van der Waals surface area contributed by atoms with Crippen molar-refractivity contribution in [2.75, 3.05) is 5.75 Å². The Morgan fingerprint density at radius 1 is 1.26 bits per heavy atom. The van der Waals surface area contributed by atoms with Gasteiger partial charge in [-0.2, -0.15) is 0 Å². The van der Waals surface area contributed by atoms with Crippen LogP contribution in [0, 0.1) is 5.82 Å². The number of hydrogen-bond acceptors (Lipinski definition) is 4. The predicted molar refractivity (Wildman–Crippen MR) is 111 cm³/mol. The summed E-state index contributed by atoms with van der Waals surface area (Å²) in [6.07, 6.45) is 1.95. The van der Waals surface area contributed by atoms with Gasteiger partial charge in [-0.25, -0.2) is 9.37 Å². The van der Waals surface area contributed by atoms with E-state index in [2.05, 4.69) is 11.1 Å². The van der Waals surface area contributed by atoms with Crippen LogP contribution in [0.5, 0.6) is 0 Å². The number of benzene rings is 2. The fourth-order valence-electron chi connectivity index (χ4n) is 2.95. The van der Waals surface area contributed by atoms with Gasteiger partial charge in [0.15, 0.2) is 0 Å². The summed E-state index contributed by atoms with van der Waals surface area (Å²) in [5.41, 5.74) is 1.40. The summed E-state index contributed by atoms with van der Waals surface area (Å²) in [4.78, 5) is 19.1. The molecule has 0 bridgehead atoms. The van der Waals surface area contributed by atoms with Crippen molar-refractivity contribution >= 4 is 50.8 Å². The summed E-state index contributed by atoms with van der Waals surface area (Å²) < 4.78 is 15.3. The molecule has 0 aliphatic heterocycles. The third-order valence-electron chi connectivity index (χ3n) is 4.49. The second-order valence-electron chi connectivity index (χ2n) is 6.52. The molecule has 0 atom stereocenters. The Kier molecular flexibility index (Phi) is 5.66. The highest BCUT2D eigenvalue weighted by Gasteiger charge is 2.33. The lowest BCUT2D eigenvalue weighted by molar-refractivity contribution is -0.129. The molecule has 0 saturated heterocycles. The summed E-state index contributed by atoms with van der Waals surface area (Å²) in [6.45, 7) is 0.233. The number of fused-ring (bicyclic) bond motifs is 1. The van der Waals surface area contributed by atoms with Crippen molar-refractivity contribution in [1.29, 1.82) is 0 Å². The second-order valence-corrected chi connectivity index (χ2v) is 9.03. The summed E-state index contributed by atoms with van der Waals surface area (Å²) in [7, 11) is 0. The average Bonchev–Trinajstić information content (AvgIpc) is 3.40. The zero-order valence-corrected chi connectivity index (χ0v) is 16.9. The lowest BCUT2D eigenvalue weighted by Gasteiger charge is -2.23. The maximum Gasteiger partial charge on any atom is 0.233 e. The fraction of sp³-hybridized carbons (Fsp3) is 0.300. The standard InChI is InChI=1S/C20H18ClFN2OS2/c21-15-4-3-5-16(22)14(15)10-24(13-8-9-13)20(25)12-26-11-19-23-17-6-1-2-7-18(17)27-19/h1-7,13H,8-12H2. The number of halogens is 2. The number of carbonyl (C=O) groups excluding carboxylic acids is 1. The summed E-state index contributed by atoms with van der Waals surface area (Å²) in [5.74, 6) is 0.730. The molecule has 1 aromatic heterocycles. The Bertz CT molecular complexity index is 920. The molecule has 140 valence electrons. The van der Waals surface area contributed by atoms with E-state index in [4.69, 9.17) is 11.6 Å². The largest absolute Gasteiger partial charge is 0.335 e. The average molecular weight is 421 g/mol.